The Morgan fingerprint density at radius 3 is 2.74 bits per heavy atom. The summed E-state index contributed by atoms with van der Waals surface area (Å²) in [6, 6.07) is 7.71. The van der Waals surface area contributed by atoms with E-state index < -0.39 is 5.60 Å². The molecule has 0 bridgehead atoms. The fourth-order valence-electron chi connectivity index (χ4n) is 2.30. The van der Waals surface area contributed by atoms with E-state index in [1.165, 1.54) is 6.08 Å². The molecule has 0 unspecified atom stereocenters. The Morgan fingerprint density at radius 2 is 2.05 bits per heavy atom. The number of carbonyl (C=O) groups is 1. The van der Waals surface area contributed by atoms with Crippen LogP contribution < -0.4 is 5.32 Å². The Balaban J connectivity index is 1.86. The van der Waals surface area contributed by atoms with Gasteiger partial charge < -0.3 is 10.4 Å². The van der Waals surface area contributed by atoms with Gasteiger partial charge in [-0.1, -0.05) is 47.0 Å². The average Bonchev–Trinajstić information content (AvgIpc) is 2.83. The summed E-state index contributed by atoms with van der Waals surface area (Å²) in [6.07, 6.45) is 6.90. The molecular weight excluding hydrogens is 306 g/mol. The maximum atomic E-state index is 11.7. The highest BCUT2D eigenvalue weighted by atomic mass is 79.9. The molecule has 0 aromatic heterocycles. The molecule has 1 amide bonds. The van der Waals surface area contributed by atoms with E-state index in [0.717, 1.165) is 35.7 Å². The Labute approximate surface area is 121 Å². The highest BCUT2D eigenvalue weighted by Gasteiger charge is 2.30. The van der Waals surface area contributed by atoms with Gasteiger partial charge in [0.2, 0.25) is 5.91 Å². The van der Waals surface area contributed by atoms with Crippen LogP contribution in [0.1, 0.15) is 31.2 Å². The number of aliphatic hydroxyl groups is 1. The summed E-state index contributed by atoms with van der Waals surface area (Å²) >= 11 is 3.42. The number of nitrogens with one attached hydrogen (secondary N) is 1. The van der Waals surface area contributed by atoms with Crippen molar-refractivity contribution in [3.05, 3.63) is 40.4 Å². The number of hydrogen-bond acceptors (Lipinski definition) is 2. The average molecular weight is 324 g/mol. The zero-order valence-electron chi connectivity index (χ0n) is 10.7. The largest absolute Gasteiger partial charge is 0.388 e. The molecule has 0 saturated heterocycles. The van der Waals surface area contributed by atoms with Crippen LogP contribution in [-0.2, 0) is 4.79 Å². The molecule has 0 atom stereocenters. The van der Waals surface area contributed by atoms with Gasteiger partial charge in [-0.3, -0.25) is 4.79 Å². The fourth-order valence-corrected chi connectivity index (χ4v) is 2.71. The van der Waals surface area contributed by atoms with E-state index in [4.69, 9.17) is 0 Å². The Bertz CT molecular complexity index is 479. The second-order valence-electron chi connectivity index (χ2n) is 5.00. The van der Waals surface area contributed by atoms with Gasteiger partial charge in [0.05, 0.1) is 5.60 Å². The zero-order valence-corrected chi connectivity index (χ0v) is 12.3. The minimum absolute atomic E-state index is 0.170. The van der Waals surface area contributed by atoms with Crippen molar-refractivity contribution < 1.29 is 9.90 Å². The summed E-state index contributed by atoms with van der Waals surface area (Å²) < 4.78 is 0.952. The number of hydrogen-bond donors (Lipinski definition) is 2. The predicted octanol–water partition coefficient (Wildman–Crippen LogP) is 2.88. The molecule has 1 aliphatic carbocycles. The summed E-state index contributed by atoms with van der Waals surface area (Å²) in [5, 5.41) is 12.9. The predicted molar refractivity (Wildman–Crippen MR) is 79.6 cm³/mol. The third-order valence-corrected chi connectivity index (χ3v) is 4.17. The Morgan fingerprint density at radius 1 is 1.37 bits per heavy atom. The zero-order chi connectivity index (χ0) is 13.7. The van der Waals surface area contributed by atoms with Crippen molar-refractivity contribution in [2.45, 2.75) is 31.3 Å². The van der Waals surface area contributed by atoms with Gasteiger partial charge in [-0.2, -0.15) is 0 Å². The van der Waals surface area contributed by atoms with Crippen LogP contribution in [0.4, 0.5) is 0 Å². The van der Waals surface area contributed by atoms with Crippen LogP contribution in [0.25, 0.3) is 6.08 Å². The third-order valence-electron chi connectivity index (χ3n) is 3.45. The van der Waals surface area contributed by atoms with Gasteiger partial charge in [-0.25, -0.2) is 0 Å². The van der Waals surface area contributed by atoms with Crippen molar-refractivity contribution in [1.29, 1.82) is 0 Å². The molecule has 1 aliphatic rings. The second-order valence-corrected chi connectivity index (χ2v) is 5.86. The molecule has 0 heterocycles. The maximum Gasteiger partial charge on any atom is 0.244 e. The van der Waals surface area contributed by atoms with E-state index in [9.17, 15) is 9.90 Å². The van der Waals surface area contributed by atoms with E-state index in [2.05, 4.69) is 21.2 Å². The maximum absolute atomic E-state index is 11.7. The molecule has 2 N–H and O–H groups in total. The standard InChI is InChI=1S/C15H18BrNO2/c16-13-6-2-1-5-12(13)7-8-14(18)17-11-15(19)9-3-4-10-15/h1-2,5-8,19H,3-4,9-11H2,(H,17,18). The normalized spacial score (nSPS) is 17.8. The van der Waals surface area contributed by atoms with E-state index in [1.807, 2.05) is 24.3 Å². The van der Waals surface area contributed by atoms with Gasteiger partial charge in [0.25, 0.3) is 0 Å². The van der Waals surface area contributed by atoms with Crippen LogP contribution in [-0.4, -0.2) is 23.2 Å². The first-order valence-corrected chi connectivity index (χ1v) is 7.31. The number of benzene rings is 1. The molecule has 2 rings (SSSR count). The fraction of sp³-hybridized carbons (Fsp3) is 0.400. The molecule has 1 aromatic carbocycles. The smallest absolute Gasteiger partial charge is 0.244 e. The molecule has 1 aromatic rings. The van der Waals surface area contributed by atoms with Crippen LogP contribution in [0.5, 0.6) is 0 Å². The monoisotopic (exact) mass is 323 g/mol. The first kappa shape index (κ1) is 14.3. The topological polar surface area (TPSA) is 49.3 Å². The van der Waals surface area contributed by atoms with Crippen molar-refractivity contribution in [2.24, 2.45) is 0 Å². The lowest BCUT2D eigenvalue weighted by molar-refractivity contribution is -0.117. The lowest BCUT2D eigenvalue weighted by Gasteiger charge is -2.21. The number of halogens is 1. The molecule has 3 nitrogen and oxygen atoms in total. The van der Waals surface area contributed by atoms with Crippen LogP contribution in [0.3, 0.4) is 0 Å². The van der Waals surface area contributed by atoms with E-state index in [-0.39, 0.29) is 5.91 Å². The Kier molecular flexibility index (Phi) is 4.77. The van der Waals surface area contributed by atoms with Gasteiger partial charge >= 0.3 is 0 Å². The molecule has 4 heteroatoms. The number of carbonyl (C=O) groups excluding carboxylic acids is 1. The lowest BCUT2D eigenvalue weighted by atomic mass is 10.0. The molecule has 102 valence electrons. The van der Waals surface area contributed by atoms with E-state index in [1.54, 1.807) is 6.08 Å². The lowest BCUT2D eigenvalue weighted by Crippen LogP contribution is -2.40. The van der Waals surface area contributed by atoms with Gasteiger partial charge in [0.1, 0.15) is 0 Å². The second kappa shape index (κ2) is 6.35. The summed E-state index contributed by atoms with van der Waals surface area (Å²) in [5.74, 6) is -0.170. The van der Waals surface area contributed by atoms with Crippen LogP contribution in [0, 0.1) is 0 Å². The van der Waals surface area contributed by atoms with Crippen molar-refractivity contribution in [3.8, 4) is 0 Å². The molecule has 1 fully saturated rings. The van der Waals surface area contributed by atoms with Gasteiger partial charge in [-0.15, -0.1) is 0 Å². The van der Waals surface area contributed by atoms with E-state index in [0.29, 0.717) is 6.54 Å². The van der Waals surface area contributed by atoms with Crippen molar-refractivity contribution in [3.63, 3.8) is 0 Å². The highest BCUT2D eigenvalue weighted by molar-refractivity contribution is 9.10. The van der Waals surface area contributed by atoms with Gasteiger partial charge in [-0.05, 0) is 30.5 Å². The molecule has 0 aliphatic heterocycles. The molecule has 19 heavy (non-hydrogen) atoms. The minimum atomic E-state index is -0.698. The van der Waals surface area contributed by atoms with Crippen molar-refractivity contribution in [2.75, 3.05) is 6.54 Å². The molecule has 0 spiro atoms. The summed E-state index contributed by atoms with van der Waals surface area (Å²) in [5.41, 5.74) is 0.258. The van der Waals surface area contributed by atoms with Gasteiger partial charge in [0.15, 0.2) is 0 Å². The molecule has 0 radical (unpaired) electrons. The van der Waals surface area contributed by atoms with E-state index >= 15 is 0 Å². The summed E-state index contributed by atoms with van der Waals surface area (Å²) in [6.45, 7) is 0.339. The van der Waals surface area contributed by atoms with Crippen LogP contribution >= 0.6 is 15.9 Å². The number of rotatable bonds is 4. The first-order valence-electron chi connectivity index (χ1n) is 6.52. The summed E-state index contributed by atoms with van der Waals surface area (Å²) in [7, 11) is 0. The van der Waals surface area contributed by atoms with Crippen LogP contribution in [0.2, 0.25) is 0 Å². The number of amides is 1. The van der Waals surface area contributed by atoms with Crippen molar-refractivity contribution >= 4 is 27.9 Å². The Hall–Kier alpha value is -1.13. The quantitative estimate of drug-likeness (QED) is 0.837. The minimum Gasteiger partial charge on any atom is -0.388 e. The molecular formula is C15H18BrNO2. The first-order chi connectivity index (χ1) is 9.09. The SMILES string of the molecule is O=C(C=Cc1ccccc1Br)NCC1(O)CCCC1. The molecule has 1 saturated carbocycles. The highest BCUT2D eigenvalue weighted by Crippen LogP contribution is 2.28. The van der Waals surface area contributed by atoms with Gasteiger partial charge in [0, 0.05) is 17.1 Å². The summed E-state index contributed by atoms with van der Waals surface area (Å²) in [4.78, 5) is 11.7. The third kappa shape index (κ3) is 4.18. The van der Waals surface area contributed by atoms with Crippen molar-refractivity contribution in [1.82, 2.24) is 5.32 Å². The van der Waals surface area contributed by atoms with Crippen LogP contribution in [0.15, 0.2) is 34.8 Å².